The lowest BCUT2D eigenvalue weighted by Crippen LogP contribution is -2.27. The Bertz CT molecular complexity index is 1430. The van der Waals surface area contributed by atoms with Gasteiger partial charge in [-0.2, -0.15) is 0 Å². The van der Waals surface area contributed by atoms with E-state index in [9.17, 15) is 9.59 Å². The summed E-state index contributed by atoms with van der Waals surface area (Å²) in [4.78, 5) is 27.1. The number of hydrogen-bond donors (Lipinski definition) is 0. The molecule has 0 spiro atoms. The molecule has 1 heterocycles. The predicted molar refractivity (Wildman–Crippen MR) is 139 cm³/mol. The first-order chi connectivity index (χ1) is 17.1. The Morgan fingerprint density at radius 3 is 2.46 bits per heavy atom. The number of nitrogens with zero attached hydrogens (tertiary/aromatic N) is 1. The van der Waals surface area contributed by atoms with Crippen molar-refractivity contribution in [1.29, 1.82) is 0 Å². The van der Waals surface area contributed by atoms with E-state index in [4.69, 9.17) is 9.47 Å². The summed E-state index contributed by atoms with van der Waals surface area (Å²) >= 11 is 0.950. The topological polar surface area (TPSA) is 55.8 Å². The van der Waals surface area contributed by atoms with Crippen LogP contribution in [0.4, 0.5) is 4.79 Å². The highest BCUT2D eigenvalue weighted by molar-refractivity contribution is 8.18. The van der Waals surface area contributed by atoms with Crippen LogP contribution in [0.3, 0.4) is 0 Å². The maximum absolute atomic E-state index is 12.9. The third-order valence-corrected chi connectivity index (χ3v) is 6.71. The average Bonchev–Trinajstić information content (AvgIpc) is 3.15. The smallest absolute Gasteiger partial charge is 0.293 e. The molecular weight excluding hydrogens is 458 g/mol. The van der Waals surface area contributed by atoms with Gasteiger partial charge in [-0.05, 0) is 57.4 Å². The minimum absolute atomic E-state index is 0.255. The van der Waals surface area contributed by atoms with Gasteiger partial charge in [0.25, 0.3) is 11.1 Å². The van der Waals surface area contributed by atoms with Gasteiger partial charge < -0.3 is 9.47 Å². The van der Waals surface area contributed by atoms with Gasteiger partial charge in [-0.25, -0.2) is 0 Å². The van der Waals surface area contributed by atoms with Crippen LogP contribution in [0.2, 0.25) is 0 Å². The van der Waals surface area contributed by atoms with Crippen LogP contribution in [0.25, 0.3) is 16.8 Å². The summed E-state index contributed by atoms with van der Waals surface area (Å²) in [7, 11) is 1.59. The van der Waals surface area contributed by atoms with E-state index >= 15 is 0 Å². The Hall–Kier alpha value is -4.03. The molecule has 6 heteroatoms. The normalized spacial score (nSPS) is 14.7. The number of thioether (sulfide) groups is 1. The van der Waals surface area contributed by atoms with Crippen molar-refractivity contribution in [2.75, 3.05) is 7.11 Å². The summed E-state index contributed by atoms with van der Waals surface area (Å²) in [6, 6.07) is 29.3. The number of ether oxygens (including phenoxy) is 2. The molecule has 4 aromatic rings. The van der Waals surface area contributed by atoms with Crippen LogP contribution in [0.15, 0.2) is 95.9 Å². The van der Waals surface area contributed by atoms with Crippen LogP contribution in [0, 0.1) is 0 Å². The number of carbonyl (C=O) groups excluding carboxylic acids is 2. The fourth-order valence-corrected chi connectivity index (χ4v) is 4.86. The molecule has 5 rings (SSSR count). The van der Waals surface area contributed by atoms with E-state index in [-0.39, 0.29) is 17.7 Å². The zero-order valence-corrected chi connectivity index (χ0v) is 20.0. The largest absolute Gasteiger partial charge is 0.493 e. The number of imide groups is 1. The van der Waals surface area contributed by atoms with Crippen molar-refractivity contribution < 1.29 is 19.1 Å². The molecule has 1 aliphatic rings. The molecule has 0 aromatic heterocycles. The fourth-order valence-electron chi connectivity index (χ4n) is 4.02. The number of fused-ring (bicyclic) bond motifs is 1. The van der Waals surface area contributed by atoms with Gasteiger partial charge in [0.15, 0.2) is 11.5 Å². The second-order valence-corrected chi connectivity index (χ2v) is 9.08. The molecule has 0 atom stereocenters. The van der Waals surface area contributed by atoms with E-state index in [0.29, 0.717) is 23.0 Å². The minimum atomic E-state index is -0.294. The van der Waals surface area contributed by atoms with Crippen LogP contribution in [0.5, 0.6) is 11.5 Å². The van der Waals surface area contributed by atoms with Gasteiger partial charge in [0.05, 0.1) is 18.6 Å². The molecule has 35 heavy (non-hydrogen) atoms. The van der Waals surface area contributed by atoms with Gasteiger partial charge in [-0.3, -0.25) is 14.5 Å². The van der Waals surface area contributed by atoms with Crippen molar-refractivity contribution in [2.24, 2.45) is 0 Å². The van der Waals surface area contributed by atoms with Gasteiger partial charge in [0.1, 0.15) is 6.61 Å². The molecule has 0 saturated carbocycles. The maximum atomic E-state index is 12.9. The molecule has 4 aromatic carbocycles. The van der Waals surface area contributed by atoms with Crippen LogP contribution >= 0.6 is 11.8 Å². The molecule has 1 fully saturated rings. The monoisotopic (exact) mass is 481 g/mol. The summed E-state index contributed by atoms with van der Waals surface area (Å²) in [6.07, 6.45) is 1.72. The first-order valence-corrected chi connectivity index (χ1v) is 12.0. The molecule has 5 nitrogen and oxygen atoms in total. The molecule has 1 saturated heterocycles. The third kappa shape index (κ3) is 4.93. The molecule has 0 aliphatic carbocycles. The molecule has 2 amide bonds. The lowest BCUT2D eigenvalue weighted by Gasteiger charge is -2.13. The van der Waals surface area contributed by atoms with E-state index in [0.717, 1.165) is 39.2 Å². The SMILES string of the molecule is COc1ccc(/C=C2\SC(=O)N(Cc3ccccc3)C2=O)cc1OCc1cccc2ccccc12. The van der Waals surface area contributed by atoms with Crippen molar-refractivity contribution in [3.63, 3.8) is 0 Å². The fraction of sp³-hybridized carbons (Fsp3) is 0.103. The van der Waals surface area contributed by atoms with Gasteiger partial charge in [-0.1, -0.05) is 78.9 Å². The van der Waals surface area contributed by atoms with Gasteiger partial charge in [0, 0.05) is 0 Å². The Kier molecular flexibility index (Phi) is 6.55. The minimum Gasteiger partial charge on any atom is -0.493 e. The van der Waals surface area contributed by atoms with Crippen LogP contribution in [0.1, 0.15) is 16.7 Å². The number of carbonyl (C=O) groups is 2. The molecule has 0 unspecified atom stereocenters. The van der Waals surface area contributed by atoms with Gasteiger partial charge in [0.2, 0.25) is 0 Å². The van der Waals surface area contributed by atoms with E-state index < -0.39 is 0 Å². The van der Waals surface area contributed by atoms with Crippen LogP contribution in [-0.4, -0.2) is 23.2 Å². The molecule has 174 valence electrons. The summed E-state index contributed by atoms with van der Waals surface area (Å²) in [5.41, 5.74) is 2.73. The number of methoxy groups -OCH3 is 1. The molecular formula is C29H23NO4S. The van der Waals surface area contributed by atoms with Gasteiger partial charge >= 0.3 is 0 Å². The standard InChI is InChI=1S/C29H23NO4S/c1-33-25-15-14-21(16-26(25)34-19-23-12-7-11-22-10-5-6-13-24(22)23)17-27-28(31)30(29(32)35-27)18-20-8-3-2-4-9-20/h2-17H,18-19H2,1H3/b27-17-. The van der Waals surface area contributed by atoms with Crippen molar-refractivity contribution in [3.05, 3.63) is 113 Å². The highest BCUT2D eigenvalue weighted by atomic mass is 32.2. The predicted octanol–water partition coefficient (Wildman–Crippen LogP) is 6.66. The van der Waals surface area contributed by atoms with E-state index in [1.54, 1.807) is 19.3 Å². The summed E-state index contributed by atoms with van der Waals surface area (Å²) < 4.78 is 11.6. The Labute approximate surface area is 208 Å². The second-order valence-electron chi connectivity index (χ2n) is 8.09. The van der Waals surface area contributed by atoms with Crippen LogP contribution < -0.4 is 9.47 Å². The summed E-state index contributed by atoms with van der Waals surface area (Å²) in [6.45, 7) is 0.625. The molecule has 0 bridgehead atoms. The Balaban J connectivity index is 1.36. The number of amides is 2. The Morgan fingerprint density at radius 1 is 0.857 bits per heavy atom. The molecule has 0 N–H and O–H groups in total. The lowest BCUT2D eigenvalue weighted by atomic mass is 10.1. The van der Waals surface area contributed by atoms with Gasteiger partial charge in [-0.15, -0.1) is 0 Å². The zero-order chi connectivity index (χ0) is 24.2. The highest BCUT2D eigenvalue weighted by Crippen LogP contribution is 2.35. The quantitative estimate of drug-likeness (QED) is 0.276. The Morgan fingerprint density at radius 2 is 1.63 bits per heavy atom. The number of benzene rings is 4. The summed E-state index contributed by atoms with van der Waals surface area (Å²) in [5, 5.41) is 2.02. The lowest BCUT2D eigenvalue weighted by molar-refractivity contribution is -0.123. The number of hydrogen-bond acceptors (Lipinski definition) is 5. The molecule has 0 radical (unpaired) electrons. The van der Waals surface area contributed by atoms with Crippen molar-refractivity contribution in [1.82, 2.24) is 4.90 Å². The van der Waals surface area contributed by atoms with Crippen molar-refractivity contribution >= 4 is 39.8 Å². The highest BCUT2D eigenvalue weighted by Gasteiger charge is 2.35. The molecule has 1 aliphatic heterocycles. The van der Waals surface area contributed by atoms with Crippen LogP contribution in [-0.2, 0) is 17.9 Å². The average molecular weight is 482 g/mol. The zero-order valence-electron chi connectivity index (χ0n) is 19.1. The van der Waals surface area contributed by atoms with Crippen molar-refractivity contribution in [3.8, 4) is 11.5 Å². The first-order valence-electron chi connectivity index (χ1n) is 11.2. The van der Waals surface area contributed by atoms with E-state index in [1.807, 2.05) is 66.7 Å². The summed E-state index contributed by atoms with van der Waals surface area (Å²) in [5.74, 6) is 0.871. The third-order valence-electron chi connectivity index (χ3n) is 5.81. The maximum Gasteiger partial charge on any atom is 0.293 e. The van der Waals surface area contributed by atoms with Crippen molar-refractivity contribution in [2.45, 2.75) is 13.2 Å². The number of rotatable bonds is 7. The van der Waals surface area contributed by atoms with E-state index in [2.05, 4.69) is 18.2 Å². The first kappa shape index (κ1) is 22.7. The van der Waals surface area contributed by atoms with E-state index in [1.165, 1.54) is 4.90 Å². The second kappa shape index (κ2) is 10.1.